The summed E-state index contributed by atoms with van der Waals surface area (Å²) in [6.07, 6.45) is 6.29. The second-order valence-electron chi connectivity index (χ2n) is 5.11. The lowest BCUT2D eigenvalue weighted by atomic mass is 9.97. The number of hydrogen-bond acceptors (Lipinski definition) is 3. The molecule has 0 spiro atoms. The van der Waals surface area contributed by atoms with E-state index in [1.807, 2.05) is 10.9 Å². The molecule has 0 fully saturated rings. The van der Waals surface area contributed by atoms with Crippen LogP contribution in [0, 0.1) is 0 Å². The minimum Gasteiger partial charge on any atom is -0.385 e. The minimum atomic E-state index is 0.906. The molecular weight excluding hydrogens is 236 g/mol. The lowest BCUT2D eigenvalue weighted by molar-refractivity contribution is 0.560. The summed E-state index contributed by atoms with van der Waals surface area (Å²) in [6.45, 7) is 4.19. The molecule has 3 rings (SSSR count). The summed E-state index contributed by atoms with van der Waals surface area (Å²) in [7, 11) is 0. The zero-order valence-corrected chi connectivity index (χ0v) is 11.4. The monoisotopic (exact) mass is 256 g/mol. The van der Waals surface area contributed by atoms with Crippen molar-refractivity contribution in [1.82, 2.24) is 15.0 Å². The number of anilines is 1. The summed E-state index contributed by atoms with van der Waals surface area (Å²) in [5.74, 6) is 0. The Balaban J connectivity index is 1.88. The van der Waals surface area contributed by atoms with Gasteiger partial charge in [0.05, 0.1) is 11.9 Å². The molecule has 0 saturated heterocycles. The van der Waals surface area contributed by atoms with Crippen LogP contribution in [0.3, 0.4) is 0 Å². The van der Waals surface area contributed by atoms with E-state index < -0.39 is 0 Å². The molecule has 1 aromatic heterocycles. The molecule has 4 nitrogen and oxygen atoms in total. The van der Waals surface area contributed by atoms with Gasteiger partial charge in [0, 0.05) is 25.2 Å². The SMILES string of the molecule is CCCn1nncc1Cc1cccc2c1NCCC2. The zero-order chi connectivity index (χ0) is 13.1. The van der Waals surface area contributed by atoms with Crippen molar-refractivity contribution in [1.29, 1.82) is 0 Å². The molecule has 100 valence electrons. The van der Waals surface area contributed by atoms with E-state index in [0.29, 0.717) is 0 Å². The van der Waals surface area contributed by atoms with Gasteiger partial charge in [-0.05, 0) is 30.4 Å². The van der Waals surface area contributed by atoms with E-state index in [1.165, 1.54) is 35.3 Å². The third-order valence-corrected chi connectivity index (χ3v) is 3.67. The van der Waals surface area contributed by atoms with Crippen LogP contribution < -0.4 is 5.32 Å². The molecule has 1 aliphatic heterocycles. The molecule has 4 heteroatoms. The highest BCUT2D eigenvalue weighted by Crippen LogP contribution is 2.27. The predicted molar refractivity (Wildman–Crippen MR) is 76.4 cm³/mol. The normalized spacial score (nSPS) is 13.9. The Morgan fingerprint density at radius 2 is 2.32 bits per heavy atom. The molecule has 19 heavy (non-hydrogen) atoms. The van der Waals surface area contributed by atoms with Crippen LogP contribution in [-0.2, 0) is 19.4 Å². The number of aromatic nitrogens is 3. The number of para-hydroxylation sites is 1. The van der Waals surface area contributed by atoms with Crippen molar-refractivity contribution in [2.45, 2.75) is 39.2 Å². The first-order valence-electron chi connectivity index (χ1n) is 7.10. The van der Waals surface area contributed by atoms with Crippen LogP contribution in [0.4, 0.5) is 5.69 Å². The summed E-state index contributed by atoms with van der Waals surface area (Å²) in [6, 6.07) is 6.60. The van der Waals surface area contributed by atoms with Crippen LogP contribution in [0.5, 0.6) is 0 Å². The van der Waals surface area contributed by atoms with E-state index >= 15 is 0 Å². The van der Waals surface area contributed by atoms with Gasteiger partial charge in [0.2, 0.25) is 0 Å². The quantitative estimate of drug-likeness (QED) is 0.914. The molecule has 2 heterocycles. The van der Waals surface area contributed by atoms with Crippen molar-refractivity contribution < 1.29 is 0 Å². The topological polar surface area (TPSA) is 42.7 Å². The first kappa shape index (κ1) is 12.2. The van der Waals surface area contributed by atoms with Gasteiger partial charge < -0.3 is 5.32 Å². The number of nitrogens with zero attached hydrogens (tertiary/aromatic N) is 3. The van der Waals surface area contributed by atoms with E-state index in [2.05, 4.69) is 40.8 Å². The molecule has 2 aromatic rings. The summed E-state index contributed by atoms with van der Waals surface area (Å²) in [5.41, 5.74) is 5.33. The highest BCUT2D eigenvalue weighted by atomic mass is 15.4. The number of benzene rings is 1. The fraction of sp³-hybridized carbons (Fsp3) is 0.467. The molecule has 0 unspecified atom stereocenters. The highest BCUT2D eigenvalue weighted by molar-refractivity contribution is 5.60. The van der Waals surface area contributed by atoms with Gasteiger partial charge in [-0.15, -0.1) is 5.10 Å². The Kier molecular flexibility index (Phi) is 3.49. The van der Waals surface area contributed by atoms with Crippen molar-refractivity contribution in [3.63, 3.8) is 0 Å². The lowest BCUT2D eigenvalue weighted by Gasteiger charge is -2.21. The Labute approximate surface area is 113 Å². The Morgan fingerprint density at radius 3 is 3.21 bits per heavy atom. The number of nitrogens with one attached hydrogen (secondary N) is 1. The van der Waals surface area contributed by atoms with E-state index in [-0.39, 0.29) is 0 Å². The lowest BCUT2D eigenvalue weighted by Crippen LogP contribution is -2.14. The fourth-order valence-corrected chi connectivity index (χ4v) is 2.74. The standard InChI is InChI=1S/C15H20N4/c1-2-9-19-14(11-17-18-19)10-13-6-3-5-12-7-4-8-16-15(12)13/h3,5-6,11,16H,2,4,7-10H2,1H3. The van der Waals surface area contributed by atoms with E-state index in [1.54, 1.807) is 0 Å². The van der Waals surface area contributed by atoms with Gasteiger partial charge in [-0.25, -0.2) is 4.68 Å². The maximum absolute atomic E-state index is 4.16. The number of hydrogen-bond donors (Lipinski definition) is 1. The van der Waals surface area contributed by atoms with Gasteiger partial charge in [-0.1, -0.05) is 30.3 Å². The van der Waals surface area contributed by atoms with Gasteiger partial charge in [-0.3, -0.25) is 0 Å². The van der Waals surface area contributed by atoms with Crippen LogP contribution in [0.2, 0.25) is 0 Å². The van der Waals surface area contributed by atoms with Gasteiger partial charge in [-0.2, -0.15) is 0 Å². The van der Waals surface area contributed by atoms with E-state index in [0.717, 1.165) is 25.9 Å². The number of fused-ring (bicyclic) bond motifs is 1. The second-order valence-corrected chi connectivity index (χ2v) is 5.11. The minimum absolute atomic E-state index is 0.906. The molecule has 0 radical (unpaired) electrons. The molecule has 1 aromatic carbocycles. The molecule has 0 bridgehead atoms. The molecule has 0 atom stereocenters. The van der Waals surface area contributed by atoms with Crippen molar-refractivity contribution >= 4 is 5.69 Å². The van der Waals surface area contributed by atoms with Crippen LogP contribution in [0.25, 0.3) is 0 Å². The fourth-order valence-electron chi connectivity index (χ4n) is 2.74. The first-order chi connectivity index (χ1) is 9.38. The van der Waals surface area contributed by atoms with Gasteiger partial charge in [0.1, 0.15) is 0 Å². The van der Waals surface area contributed by atoms with Crippen LogP contribution in [0.15, 0.2) is 24.4 Å². The number of aryl methyl sites for hydroxylation is 2. The Morgan fingerprint density at radius 1 is 1.37 bits per heavy atom. The van der Waals surface area contributed by atoms with Crippen molar-refractivity contribution in [2.24, 2.45) is 0 Å². The summed E-state index contributed by atoms with van der Waals surface area (Å²) in [4.78, 5) is 0. The molecule has 0 amide bonds. The molecule has 1 N–H and O–H groups in total. The average molecular weight is 256 g/mol. The van der Waals surface area contributed by atoms with Crippen LogP contribution in [0.1, 0.15) is 36.6 Å². The molecule has 0 aliphatic carbocycles. The van der Waals surface area contributed by atoms with Crippen molar-refractivity contribution in [3.05, 3.63) is 41.2 Å². The maximum atomic E-state index is 4.16. The van der Waals surface area contributed by atoms with Crippen molar-refractivity contribution in [2.75, 3.05) is 11.9 Å². The van der Waals surface area contributed by atoms with Crippen molar-refractivity contribution in [3.8, 4) is 0 Å². The van der Waals surface area contributed by atoms with E-state index in [9.17, 15) is 0 Å². The molecular formula is C15H20N4. The summed E-state index contributed by atoms with van der Waals surface area (Å²) >= 11 is 0. The zero-order valence-electron chi connectivity index (χ0n) is 11.4. The largest absolute Gasteiger partial charge is 0.385 e. The Bertz CT molecular complexity index is 559. The average Bonchev–Trinajstić information content (AvgIpc) is 2.87. The van der Waals surface area contributed by atoms with E-state index in [4.69, 9.17) is 0 Å². The van der Waals surface area contributed by atoms with Crippen LogP contribution in [-0.4, -0.2) is 21.5 Å². The third-order valence-electron chi connectivity index (χ3n) is 3.67. The molecule has 0 saturated carbocycles. The maximum Gasteiger partial charge on any atom is 0.0728 e. The van der Waals surface area contributed by atoms with Gasteiger partial charge in [0.25, 0.3) is 0 Å². The smallest absolute Gasteiger partial charge is 0.0728 e. The summed E-state index contributed by atoms with van der Waals surface area (Å²) in [5, 5.41) is 11.7. The van der Waals surface area contributed by atoms with Gasteiger partial charge >= 0.3 is 0 Å². The number of rotatable bonds is 4. The summed E-state index contributed by atoms with van der Waals surface area (Å²) < 4.78 is 2.02. The Hall–Kier alpha value is -1.84. The second kappa shape index (κ2) is 5.43. The predicted octanol–water partition coefficient (Wildman–Crippen LogP) is 2.64. The highest BCUT2D eigenvalue weighted by Gasteiger charge is 2.14. The van der Waals surface area contributed by atoms with Crippen LogP contribution >= 0.6 is 0 Å². The third kappa shape index (κ3) is 2.48. The molecule has 1 aliphatic rings. The van der Waals surface area contributed by atoms with Gasteiger partial charge in [0.15, 0.2) is 0 Å². The first-order valence-corrected chi connectivity index (χ1v) is 7.10.